The second-order valence-corrected chi connectivity index (χ2v) is 7.03. The van der Waals surface area contributed by atoms with Crippen LogP contribution in [0.3, 0.4) is 0 Å². The highest BCUT2D eigenvalue weighted by atomic mass is 35.5. The molecule has 0 fully saturated rings. The third-order valence-corrected chi connectivity index (χ3v) is 4.53. The number of hydrogen-bond donors (Lipinski definition) is 1. The van der Waals surface area contributed by atoms with Crippen molar-refractivity contribution in [1.29, 1.82) is 0 Å². The Labute approximate surface area is 122 Å². The van der Waals surface area contributed by atoms with Crippen molar-refractivity contribution in [3.05, 3.63) is 16.4 Å². The van der Waals surface area contributed by atoms with Crippen LogP contribution in [0.4, 0.5) is 0 Å². The summed E-state index contributed by atoms with van der Waals surface area (Å²) < 4.78 is 1.88. The van der Waals surface area contributed by atoms with Crippen LogP contribution in [0.5, 0.6) is 0 Å². The van der Waals surface area contributed by atoms with Gasteiger partial charge in [0.05, 0.1) is 16.4 Å². The summed E-state index contributed by atoms with van der Waals surface area (Å²) in [4.78, 5) is 0. The largest absolute Gasteiger partial charge is 0.327 e. The molecule has 2 N–H and O–H groups in total. The fourth-order valence-corrected chi connectivity index (χ4v) is 2.55. The summed E-state index contributed by atoms with van der Waals surface area (Å²) in [5, 5.41) is 5.23. The Morgan fingerprint density at radius 3 is 2.37 bits per heavy atom. The van der Waals surface area contributed by atoms with Crippen molar-refractivity contribution in [2.45, 2.75) is 59.9 Å². The van der Waals surface area contributed by atoms with E-state index in [1.165, 1.54) is 0 Å². The number of nitrogens with two attached hydrogens (primary N) is 1. The monoisotopic (exact) mass is 285 g/mol. The molecule has 0 saturated heterocycles. The first-order valence-electron chi connectivity index (χ1n) is 7.12. The lowest BCUT2D eigenvalue weighted by Gasteiger charge is -2.29. The zero-order valence-corrected chi connectivity index (χ0v) is 13.9. The van der Waals surface area contributed by atoms with Crippen LogP contribution in [0.25, 0.3) is 0 Å². The molecule has 0 radical (unpaired) electrons. The van der Waals surface area contributed by atoms with Gasteiger partial charge in [0.2, 0.25) is 0 Å². The third kappa shape index (κ3) is 4.22. The molecular formula is C15H28ClN3. The molecule has 0 aliphatic heterocycles. The highest BCUT2D eigenvalue weighted by Gasteiger charge is 2.23. The van der Waals surface area contributed by atoms with Gasteiger partial charge in [0.1, 0.15) is 0 Å². The van der Waals surface area contributed by atoms with E-state index < -0.39 is 0 Å². The van der Waals surface area contributed by atoms with Crippen LogP contribution in [0.1, 0.15) is 52.4 Å². The minimum Gasteiger partial charge on any atom is -0.327 e. The summed E-state index contributed by atoms with van der Waals surface area (Å²) in [6.45, 7) is 11.1. The lowest BCUT2D eigenvalue weighted by atomic mass is 9.78. The first-order chi connectivity index (χ1) is 8.66. The van der Waals surface area contributed by atoms with E-state index in [1.807, 2.05) is 11.7 Å². The molecule has 0 saturated carbocycles. The van der Waals surface area contributed by atoms with Crippen molar-refractivity contribution in [2.24, 2.45) is 24.1 Å². The molecule has 0 amide bonds. The zero-order chi connectivity index (χ0) is 14.8. The van der Waals surface area contributed by atoms with Crippen molar-refractivity contribution in [3.8, 4) is 0 Å². The molecule has 0 spiro atoms. The van der Waals surface area contributed by atoms with Gasteiger partial charge in [-0.2, -0.15) is 5.10 Å². The Morgan fingerprint density at radius 2 is 1.95 bits per heavy atom. The van der Waals surface area contributed by atoms with Crippen molar-refractivity contribution in [3.63, 3.8) is 0 Å². The maximum absolute atomic E-state index is 6.36. The average Bonchev–Trinajstić information content (AvgIpc) is 2.55. The van der Waals surface area contributed by atoms with Crippen LogP contribution in [-0.2, 0) is 19.9 Å². The molecule has 0 aliphatic carbocycles. The maximum atomic E-state index is 6.36. The number of halogens is 1. The zero-order valence-electron chi connectivity index (χ0n) is 13.1. The summed E-state index contributed by atoms with van der Waals surface area (Å²) in [7, 11) is 1.94. The maximum Gasteiger partial charge on any atom is 0.0850 e. The molecule has 19 heavy (non-hydrogen) atoms. The van der Waals surface area contributed by atoms with Gasteiger partial charge in [-0.1, -0.05) is 46.2 Å². The Balaban J connectivity index is 2.72. The molecule has 1 heterocycles. The highest BCUT2D eigenvalue weighted by molar-refractivity contribution is 6.31. The Bertz CT molecular complexity index is 418. The van der Waals surface area contributed by atoms with Gasteiger partial charge >= 0.3 is 0 Å². The van der Waals surface area contributed by atoms with Crippen LogP contribution in [-0.4, -0.2) is 15.8 Å². The Morgan fingerprint density at radius 1 is 1.37 bits per heavy atom. The van der Waals surface area contributed by atoms with Gasteiger partial charge in [-0.05, 0) is 24.2 Å². The predicted molar refractivity (Wildman–Crippen MR) is 82.5 cm³/mol. The van der Waals surface area contributed by atoms with Gasteiger partial charge in [-0.25, -0.2) is 0 Å². The molecule has 2 atom stereocenters. The molecule has 1 rings (SSSR count). The van der Waals surface area contributed by atoms with Crippen LogP contribution in [0.2, 0.25) is 5.02 Å². The van der Waals surface area contributed by atoms with E-state index in [2.05, 4.69) is 39.7 Å². The fourth-order valence-electron chi connectivity index (χ4n) is 2.18. The van der Waals surface area contributed by atoms with Crippen LogP contribution in [0, 0.1) is 11.3 Å². The molecule has 1 aromatic heterocycles. The number of hydrogen-bond acceptors (Lipinski definition) is 2. The Hall–Kier alpha value is -0.540. The number of nitrogens with zero attached hydrogens (tertiary/aromatic N) is 2. The molecule has 2 unspecified atom stereocenters. The van der Waals surface area contributed by atoms with Crippen molar-refractivity contribution < 1.29 is 0 Å². The lowest BCUT2D eigenvalue weighted by molar-refractivity contribution is 0.232. The second-order valence-electron chi connectivity index (χ2n) is 6.65. The van der Waals surface area contributed by atoms with Crippen LogP contribution < -0.4 is 5.73 Å². The smallest absolute Gasteiger partial charge is 0.0850 e. The molecule has 0 aromatic carbocycles. The third-order valence-electron chi connectivity index (χ3n) is 4.09. The molecule has 1 aromatic rings. The van der Waals surface area contributed by atoms with E-state index in [-0.39, 0.29) is 6.04 Å². The summed E-state index contributed by atoms with van der Waals surface area (Å²) >= 11 is 6.36. The fraction of sp³-hybridized carbons (Fsp3) is 0.800. The predicted octanol–water partition coefficient (Wildman–Crippen LogP) is 3.58. The van der Waals surface area contributed by atoms with Gasteiger partial charge in [-0.15, -0.1) is 0 Å². The van der Waals surface area contributed by atoms with Crippen LogP contribution >= 0.6 is 11.6 Å². The van der Waals surface area contributed by atoms with E-state index in [0.29, 0.717) is 11.3 Å². The first kappa shape index (κ1) is 16.5. The van der Waals surface area contributed by atoms with Crippen molar-refractivity contribution in [1.82, 2.24) is 9.78 Å². The standard InChI is InChI=1S/C15H28ClN3/c1-7-12-14(16)13(19(6)18-12)9-11(17)8-10(2)15(3,4)5/h10-11H,7-9,17H2,1-6H3. The van der Waals surface area contributed by atoms with Gasteiger partial charge in [-0.3, -0.25) is 4.68 Å². The number of rotatable bonds is 5. The van der Waals surface area contributed by atoms with E-state index >= 15 is 0 Å². The van der Waals surface area contributed by atoms with Gasteiger partial charge in [0.15, 0.2) is 0 Å². The summed E-state index contributed by atoms with van der Waals surface area (Å²) in [5.41, 5.74) is 8.62. The quantitative estimate of drug-likeness (QED) is 0.899. The molecule has 0 bridgehead atoms. The number of aryl methyl sites for hydroxylation is 2. The van der Waals surface area contributed by atoms with Gasteiger partial charge < -0.3 is 5.73 Å². The average molecular weight is 286 g/mol. The van der Waals surface area contributed by atoms with Gasteiger partial charge in [0, 0.05) is 19.5 Å². The molecule has 4 heteroatoms. The minimum atomic E-state index is 0.131. The van der Waals surface area contributed by atoms with E-state index in [4.69, 9.17) is 17.3 Å². The van der Waals surface area contributed by atoms with Gasteiger partial charge in [0.25, 0.3) is 0 Å². The highest BCUT2D eigenvalue weighted by Crippen LogP contribution is 2.30. The second kappa shape index (κ2) is 6.27. The van der Waals surface area contributed by atoms with E-state index in [1.54, 1.807) is 0 Å². The Kier molecular flexibility index (Phi) is 5.45. The number of aromatic nitrogens is 2. The SMILES string of the molecule is CCc1nn(C)c(CC(N)CC(C)C(C)(C)C)c1Cl. The first-order valence-corrected chi connectivity index (χ1v) is 7.50. The minimum absolute atomic E-state index is 0.131. The van der Waals surface area contributed by atoms with Crippen molar-refractivity contribution >= 4 is 11.6 Å². The summed E-state index contributed by atoms with van der Waals surface area (Å²) in [5.74, 6) is 0.583. The molecular weight excluding hydrogens is 258 g/mol. The van der Waals surface area contributed by atoms with Crippen molar-refractivity contribution in [2.75, 3.05) is 0 Å². The summed E-state index contributed by atoms with van der Waals surface area (Å²) in [6.07, 6.45) is 2.66. The molecule has 110 valence electrons. The van der Waals surface area contributed by atoms with Crippen LogP contribution in [0.15, 0.2) is 0 Å². The molecule has 3 nitrogen and oxygen atoms in total. The molecule has 0 aliphatic rings. The normalized spacial score (nSPS) is 15.6. The lowest BCUT2D eigenvalue weighted by Crippen LogP contribution is -2.30. The van der Waals surface area contributed by atoms with E-state index in [0.717, 1.165) is 35.7 Å². The topological polar surface area (TPSA) is 43.8 Å². The van der Waals surface area contributed by atoms with E-state index in [9.17, 15) is 0 Å². The summed E-state index contributed by atoms with van der Waals surface area (Å²) in [6, 6.07) is 0.131.